The molecule has 2 rings (SSSR count). The van der Waals surface area contributed by atoms with E-state index in [9.17, 15) is 9.59 Å². The number of hydrogen-bond donors (Lipinski definition) is 2. The molecular weight excluding hydrogens is 284 g/mol. The van der Waals surface area contributed by atoms with E-state index in [2.05, 4.69) is 10.6 Å². The van der Waals surface area contributed by atoms with Crippen LogP contribution in [0.1, 0.15) is 21.7 Å². The Kier molecular flexibility index (Phi) is 5.97. The van der Waals surface area contributed by atoms with E-state index in [4.69, 9.17) is 0 Å². The van der Waals surface area contributed by atoms with E-state index < -0.39 is 0 Å². The van der Waals surface area contributed by atoms with Gasteiger partial charge in [-0.2, -0.15) is 0 Å². The Morgan fingerprint density at radius 3 is 2.48 bits per heavy atom. The second kappa shape index (κ2) is 8.21. The summed E-state index contributed by atoms with van der Waals surface area (Å²) in [5, 5.41) is 7.44. The SMILES string of the molecule is O=C(CCNC(=O)c1cccs1)NCCc1ccccc1. The van der Waals surface area contributed by atoms with Gasteiger partial charge in [0.05, 0.1) is 4.88 Å². The molecule has 0 saturated heterocycles. The first-order valence-electron chi connectivity index (χ1n) is 6.88. The van der Waals surface area contributed by atoms with Crippen molar-refractivity contribution in [1.29, 1.82) is 0 Å². The highest BCUT2D eigenvalue weighted by atomic mass is 32.1. The van der Waals surface area contributed by atoms with Gasteiger partial charge in [-0.3, -0.25) is 9.59 Å². The Morgan fingerprint density at radius 1 is 0.952 bits per heavy atom. The second-order valence-corrected chi connectivity index (χ2v) is 5.52. The average molecular weight is 302 g/mol. The first kappa shape index (κ1) is 15.3. The van der Waals surface area contributed by atoms with Gasteiger partial charge in [0.2, 0.25) is 5.91 Å². The predicted octanol–water partition coefficient (Wildman–Crippen LogP) is 2.23. The van der Waals surface area contributed by atoms with Crippen molar-refractivity contribution >= 4 is 23.2 Å². The van der Waals surface area contributed by atoms with Gasteiger partial charge in [-0.1, -0.05) is 36.4 Å². The van der Waals surface area contributed by atoms with Crippen molar-refractivity contribution < 1.29 is 9.59 Å². The molecule has 0 saturated carbocycles. The number of nitrogens with one attached hydrogen (secondary N) is 2. The van der Waals surface area contributed by atoms with E-state index in [1.807, 2.05) is 41.8 Å². The van der Waals surface area contributed by atoms with Crippen LogP contribution in [-0.4, -0.2) is 24.9 Å². The fraction of sp³-hybridized carbons (Fsp3) is 0.250. The van der Waals surface area contributed by atoms with Crippen LogP contribution in [0.5, 0.6) is 0 Å². The van der Waals surface area contributed by atoms with Gasteiger partial charge in [0, 0.05) is 19.5 Å². The van der Waals surface area contributed by atoms with Crippen molar-refractivity contribution in [2.75, 3.05) is 13.1 Å². The number of hydrogen-bond acceptors (Lipinski definition) is 3. The molecule has 0 aliphatic carbocycles. The summed E-state index contributed by atoms with van der Waals surface area (Å²) in [6.45, 7) is 0.968. The third kappa shape index (κ3) is 5.39. The molecule has 2 N–H and O–H groups in total. The highest BCUT2D eigenvalue weighted by Crippen LogP contribution is 2.07. The third-order valence-electron chi connectivity index (χ3n) is 2.96. The van der Waals surface area contributed by atoms with Crippen molar-refractivity contribution in [1.82, 2.24) is 10.6 Å². The minimum Gasteiger partial charge on any atom is -0.356 e. The topological polar surface area (TPSA) is 58.2 Å². The van der Waals surface area contributed by atoms with Crippen LogP contribution in [0.3, 0.4) is 0 Å². The number of thiophene rings is 1. The van der Waals surface area contributed by atoms with Crippen LogP contribution in [0, 0.1) is 0 Å². The quantitative estimate of drug-likeness (QED) is 0.824. The molecule has 1 heterocycles. The van der Waals surface area contributed by atoms with Crippen LogP contribution in [0.15, 0.2) is 47.8 Å². The maximum atomic E-state index is 11.7. The van der Waals surface area contributed by atoms with Gasteiger partial charge in [-0.15, -0.1) is 11.3 Å². The molecule has 0 aliphatic rings. The summed E-state index contributed by atoms with van der Waals surface area (Å²) in [5.41, 5.74) is 1.20. The summed E-state index contributed by atoms with van der Waals surface area (Å²) >= 11 is 1.39. The summed E-state index contributed by atoms with van der Waals surface area (Å²) in [5.74, 6) is -0.167. The zero-order chi connectivity index (χ0) is 14.9. The lowest BCUT2D eigenvalue weighted by Gasteiger charge is -2.06. The monoisotopic (exact) mass is 302 g/mol. The molecule has 1 aromatic carbocycles. The molecule has 5 heteroatoms. The lowest BCUT2D eigenvalue weighted by molar-refractivity contribution is -0.120. The van der Waals surface area contributed by atoms with Crippen molar-refractivity contribution in [2.24, 2.45) is 0 Å². The zero-order valence-electron chi connectivity index (χ0n) is 11.7. The number of benzene rings is 1. The Bertz CT molecular complexity index is 567. The maximum absolute atomic E-state index is 11.7. The van der Waals surface area contributed by atoms with Crippen LogP contribution in [0.2, 0.25) is 0 Å². The van der Waals surface area contributed by atoms with Crippen molar-refractivity contribution in [2.45, 2.75) is 12.8 Å². The van der Waals surface area contributed by atoms with Gasteiger partial charge in [-0.05, 0) is 23.4 Å². The van der Waals surface area contributed by atoms with E-state index in [0.717, 1.165) is 6.42 Å². The molecule has 4 nitrogen and oxygen atoms in total. The van der Waals surface area contributed by atoms with Crippen LogP contribution < -0.4 is 10.6 Å². The van der Waals surface area contributed by atoms with E-state index >= 15 is 0 Å². The molecule has 0 spiro atoms. The number of carbonyl (C=O) groups excluding carboxylic acids is 2. The highest BCUT2D eigenvalue weighted by molar-refractivity contribution is 7.12. The Hall–Kier alpha value is -2.14. The molecule has 0 atom stereocenters. The van der Waals surface area contributed by atoms with Crippen molar-refractivity contribution in [3.8, 4) is 0 Å². The second-order valence-electron chi connectivity index (χ2n) is 4.57. The third-order valence-corrected chi connectivity index (χ3v) is 3.83. The maximum Gasteiger partial charge on any atom is 0.261 e. The van der Waals surface area contributed by atoms with Crippen LogP contribution in [-0.2, 0) is 11.2 Å². The van der Waals surface area contributed by atoms with Gasteiger partial charge < -0.3 is 10.6 Å². The number of rotatable bonds is 7. The molecule has 0 fully saturated rings. The lowest BCUT2D eigenvalue weighted by atomic mass is 10.1. The minimum absolute atomic E-state index is 0.0441. The van der Waals surface area contributed by atoms with Gasteiger partial charge >= 0.3 is 0 Å². The molecular formula is C16H18N2O2S. The number of amides is 2. The van der Waals surface area contributed by atoms with Crippen LogP contribution >= 0.6 is 11.3 Å². The molecule has 21 heavy (non-hydrogen) atoms. The predicted molar refractivity (Wildman–Crippen MR) is 84.4 cm³/mol. The van der Waals surface area contributed by atoms with Crippen molar-refractivity contribution in [3.63, 3.8) is 0 Å². The molecule has 0 radical (unpaired) electrons. The Morgan fingerprint density at radius 2 is 1.76 bits per heavy atom. The molecule has 2 amide bonds. The largest absolute Gasteiger partial charge is 0.356 e. The fourth-order valence-corrected chi connectivity index (χ4v) is 2.50. The molecule has 0 bridgehead atoms. The first-order valence-corrected chi connectivity index (χ1v) is 7.76. The molecule has 0 unspecified atom stereocenters. The molecule has 2 aromatic rings. The van der Waals surface area contributed by atoms with E-state index in [1.54, 1.807) is 6.07 Å². The average Bonchev–Trinajstić information content (AvgIpc) is 3.02. The first-order chi connectivity index (χ1) is 10.3. The minimum atomic E-state index is -0.123. The summed E-state index contributed by atoms with van der Waals surface area (Å²) in [6, 6.07) is 13.6. The lowest BCUT2D eigenvalue weighted by Crippen LogP contribution is -2.31. The van der Waals surface area contributed by atoms with Gasteiger partial charge in [-0.25, -0.2) is 0 Å². The van der Waals surface area contributed by atoms with Gasteiger partial charge in [0.25, 0.3) is 5.91 Å². The Labute approximate surface area is 128 Å². The molecule has 1 aromatic heterocycles. The summed E-state index contributed by atoms with van der Waals surface area (Å²) in [7, 11) is 0. The smallest absolute Gasteiger partial charge is 0.261 e. The summed E-state index contributed by atoms with van der Waals surface area (Å²) in [4.78, 5) is 24.0. The van der Waals surface area contributed by atoms with Crippen LogP contribution in [0.25, 0.3) is 0 Å². The van der Waals surface area contributed by atoms with Gasteiger partial charge in [0.1, 0.15) is 0 Å². The number of carbonyl (C=O) groups is 2. The standard InChI is InChI=1S/C16H18N2O2S/c19-15(17-10-8-13-5-2-1-3-6-13)9-11-18-16(20)14-7-4-12-21-14/h1-7,12H,8-11H2,(H,17,19)(H,18,20). The van der Waals surface area contributed by atoms with E-state index in [-0.39, 0.29) is 11.8 Å². The summed E-state index contributed by atoms with van der Waals surface area (Å²) < 4.78 is 0. The molecule has 0 aliphatic heterocycles. The Balaban J connectivity index is 1.58. The van der Waals surface area contributed by atoms with Gasteiger partial charge in [0.15, 0.2) is 0 Å². The zero-order valence-corrected chi connectivity index (χ0v) is 12.5. The summed E-state index contributed by atoms with van der Waals surface area (Å²) in [6.07, 6.45) is 1.11. The molecule has 110 valence electrons. The highest BCUT2D eigenvalue weighted by Gasteiger charge is 2.06. The van der Waals surface area contributed by atoms with E-state index in [0.29, 0.717) is 24.4 Å². The van der Waals surface area contributed by atoms with Crippen molar-refractivity contribution in [3.05, 3.63) is 58.3 Å². The normalized spacial score (nSPS) is 10.1. The van der Waals surface area contributed by atoms with Crippen LogP contribution in [0.4, 0.5) is 0 Å². The fourth-order valence-electron chi connectivity index (χ4n) is 1.86. The van der Waals surface area contributed by atoms with E-state index in [1.165, 1.54) is 16.9 Å².